The number of nitrogens with zero attached hydrogens (tertiary/aromatic N) is 2. The molecule has 1 aliphatic heterocycles. The number of hydrogen-bond acceptors (Lipinski definition) is 5. The van der Waals surface area contributed by atoms with Gasteiger partial charge in [-0.1, -0.05) is 52.0 Å². The van der Waals surface area contributed by atoms with E-state index in [0.717, 1.165) is 25.3 Å². The van der Waals surface area contributed by atoms with E-state index in [1.807, 2.05) is 31.2 Å². The third-order valence-corrected chi connectivity index (χ3v) is 5.78. The maximum absolute atomic E-state index is 11.7. The Labute approximate surface area is 185 Å². The van der Waals surface area contributed by atoms with E-state index in [1.165, 1.54) is 22.4 Å². The third-order valence-electron chi connectivity index (χ3n) is 4.80. The van der Waals surface area contributed by atoms with Gasteiger partial charge in [-0.3, -0.25) is 4.79 Å². The molecule has 2 heterocycles. The van der Waals surface area contributed by atoms with Crippen LogP contribution >= 0.6 is 11.3 Å². The third kappa shape index (κ3) is 8.76. The molecule has 1 saturated heterocycles. The van der Waals surface area contributed by atoms with Crippen LogP contribution in [0, 0.1) is 18.3 Å². The number of aryl methyl sites for hydroxylation is 1. The number of rotatable bonds is 4. The molecule has 1 aromatic heterocycles. The van der Waals surface area contributed by atoms with E-state index in [2.05, 4.69) is 62.3 Å². The van der Waals surface area contributed by atoms with Crippen molar-refractivity contribution < 1.29 is 9.59 Å². The molecule has 0 saturated carbocycles. The van der Waals surface area contributed by atoms with Crippen LogP contribution in [0.25, 0.3) is 10.4 Å². The van der Waals surface area contributed by atoms with Crippen molar-refractivity contribution >= 4 is 24.0 Å². The predicted octanol–water partition coefficient (Wildman–Crippen LogP) is 4.94. The number of aromatic nitrogens is 1. The lowest BCUT2D eigenvalue weighted by molar-refractivity contribution is -0.132. The Balaban J connectivity index is 0.000000280. The van der Waals surface area contributed by atoms with Crippen LogP contribution in [0.2, 0.25) is 0 Å². The van der Waals surface area contributed by atoms with Gasteiger partial charge in [-0.25, -0.2) is 4.98 Å². The quantitative estimate of drug-likeness (QED) is 0.744. The second kappa shape index (κ2) is 12.6. The summed E-state index contributed by atoms with van der Waals surface area (Å²) in [7, 11) is 1.96. The van der Waals surface area contributed by atoms with Gasteiger partial charge in [0.1, 0.15) is 6.79 Å². The summed E-state index contributed by atoms with van der Waals surface area (Å²) in [6.07, 6.45) is 1.86. The lowest BCUT2D eigenvalue weighted by Gasteiger charge is -2.22. The Morgan fingerprint density at radius 1 is 1.27 bits per heavy atom. The zero-order chi connectivity index (χ0) is 22.7. The summed E-state index contributed by atoms with van der Waals surface area (Å²) in [6.45, 7) is 15.5. The maximum Gasteiger partial charge on any atom is 0.223 e. The van der Waals surface area contributed by atoms with Crippen molar-refractivity contribution in [2.24, 2.45) is 11.3 Å². The number of likely N-dealkylation sites (tertiary alicyclic amines) is 1. The Morgan fingerprint density at radius 3 is 2.33 bits per heavy atom. The van der Waals surface area contributed by atoms with Gasteiger partial charge in [0, 0.05) is 26.1 Å². The maximum atomic E-state index is 11.7. The van der Waals surface area contributed by atoms with Crippen LogP contribution in [-0.4, -0.2) is 42.7 Å². The minimum absolute atomic E-state index is 0.128. The molecule has 3 rings (SSSR count). The van der Waals surface area contributed by atoms with Crippen molar-refractivity contribution in [3.05, 3.63) is 41.0 Å². The molecule has 1 aromatic carbocycles. The van der Waals surface area contributed by atoms with Crippen molar-refractivity contribution in [2.45, 2.75) is 54.0 Å². The van der Waals surface area contributed by atoms with Crippen LogP contribution in [0.15, 0.2) is 29.8 Å². The van der Waals surface area contributed by atoms with E-state index in [4.69, 9.17) is 4.79 Å². The van der Waals surface area contributed by atoms with Gasteiger partial charge in [0.15, 0.2) is 0 Å². The van der Waals surface area contributed by atoms with Gasteiger partial charge in [-0.2, -0.15) is 0 Å². The van der Waals surface area contributed by atoms with E-state index in [-0.39, 0.29) is 5.41 Å². The first-order valence-electron chi connectivity index (χ1n) is 10.4. The zero-order valence-corrected chi connectivity index (χ0v) is 20.1. The smallest absolute Gasteiger partial charge is 0.223 e. The zero-order valence-electron chi connectivity index (χ0n) is 19.3. The molecule has 1 N–H and O–H groups in total. The molecule has 0 aliphatic carbocycles. The Kier molecular flexibility index (Phi) is 10.9. The van der Waals surface area contributed by atoms with Crippen LogP contribution < -0.4 is 5.32 Å². The highest BCUT2D eigenvalue weighted by Crippen LogP contribution is 2.27. The summed E-state index contributed by atoms with van der Waals surface area (Å²) in [4.78, 5) is 27.3. The first-order chi connectivity index (χ1) is 14.2. The van der Waals surface area contributed by atoms with E-state index in [9.17, 15) is 4.79 Å². The van der Waals surface area contributed by atoms with Crippen LogP contribution in [0.1, 0.15) is 51.8 Å². The molecule has 6 heteroatoms. The molecule has 166 valence electrons. The largest absolute Gasteiger partial charge is 0.342 e. The first kappa shape index (κ1) is 26.0. The molecular weight excluding hydrogens is 394 g/mol. The molecular formula is C24H37N3O2S. The number of thiazole rings is 1. The highest BCUT2D eigenvalue weighted by molar-refractivity contribution is 7.13. The highest BCUT2D eigenvalue weighted by Gasteiger charge is 2.26. The summed E-state index contributed by atoms with van der Waals surface area (Å²) in [5.74, 6) is 1.03. The van der Waals surface area contributed by atoms with Gasteiger partial charge in [-0.05, 0) is 42.9 Å². The van der Waals surface area contributed by atoms with E-state index in [0.29, 0.717) is 18.2 Å². The van der Waals surface area contributed by atoms with Crippen molar-refractivity contribution in [3.63, 3.8) is 0 Å². The van der Waals surface area contributed by atoms with Crippen LogP contribution in [-0.2, 0) is 16.1 Å². The highest BCUT2D eigenvalue weighted by atomic mass is 32.1. The van der Waals surface area contributed by atoms with E-state index < -0.39 is 0 Å². The second-order valence-electron chi connectivity index (χ2n) is 8.97. The molecule has 0 spiro atoms. The molecule has 5 nitrogen and oxygen atoms in total. The minimum atomic E-state index is 0.128. The van der Waals surface area contributed by atoms with Gasteiger partial charge in [0.2, 0.25) is 5.91 Å². The Morgan fingerprint density at radius 2 is 1.90 bits per heavy atom. The van der Waals surface area contributed by atoms with Crippen molar-refractivity contribution in [2.75, 3.05) is 20.1 Å². The van der Waals surface area contributed by atoms with Crippen LogP contribution in [0.3, 0.4) is 0 Å². The molecule has 1 atom stereocenters. The average Bonchev–Trinajstić information content (AvgIpc) is 3.32. The molecule has 30 heavy (non-hydrogen) atoms. The Hall–Kier alpha value is -2.05. The van der Waals surface area contributed by atoms with Gasteiger partial charge in [-0.15, -0.1) is 11.3 Å². The molecule has 0 bridgehead atoms. The van der Waals surface area contributed by atoms with Crippen molar-refractivity contribution in [1.82, 2.24) is 15.2 Å². The van der Waals surface area contributed by atoms with Gasteiger partial charge >= 0.3 is 0 Å². The lowest BCUT2D eigenvalue weighted by Crippen LogP contribution is -2.31. The summed E-state index contributed by atoms with van der Waals surface area (Å²) in [6, 6.07) is 8.64. The molecule has 1 amide bonds. The van der Waals surface area contributed by atoms with E-state index in [1.54, 1.807) is 11.3 Å². The fourth-order valence-corrected chi connectivity index (χ4v) is 4.10. The number of hydrogen-bond donors (Lipinski definition) is 1. The topological polar surface area (TPSA) is 62.3 Å². The predicted molar refractivity (Wildman–Crippen MR) is 127 cm³/mol. The summed E-state index contributed by atoms with van der Waals surface area (Å²) in [5.41, 5.74) is 5.70. The van der Waals surface area contributed by atoms with Gasteiger partial charge < -0.3 is 15.0 Å². The lowest BCUT2D eigenvalue weighted by atomic mass is 9.92. The summed E-state index contributed by atoms with van der Waals surface area (Å²) >= 11 is 1.70. The number of carbonyl (C=O) groups excluding carboxylic acids is 2. The minimum Gasteiger partial charge on any atom is -0.342 e. The number of amides is 1. The first-order valence-corrected chi connectivity index (χ1v) is 11.3. The van der Waals surface area contributed by atoms with Crippen molar-refractivity contribution in [3.8, 4) is 10.4 Å². The van der Waals surface area contributed by atoms with Crippen LogP contribution in [0.4, 0.5) is 0 Å². The fourth-order valence-electron chi connectivity index (χ4n) is 3.28. The van der Waals surface area contributed by atoms with E-state index >= 15 is 0 Å². The molecule has 1 fully saturated rings. The van der Waals surface area contributed by atoms with Crippen LogP contribution in [0.5, 0.6) is 0 Å². The molecule has 0 radical (unpaired) electrons. The van der Waals surface area contributed by atoms with Crippen molar-refractivity contribution in [1.29, 1.82) is 0 Å². The summed E-state index contributed by atoms with van der Waals surface area (Å²) < 4.78 is 0. The molecule has 1 aliphatic rings. The SMILES string of the molecule is C=O.CC1CCN(C(=O)CC(C)(C)C)C1.CNCc1ccc(-c2scnc2C)cc1. The Bertz CT molecular complexity index is 766. The molecule has 2 aromatic rings. The standard InChI is InChI=1S/C12H14N2S.C11H21NO.CH2O/c1-9-12(15-8-14-9)11-5-3-10(4-6-11)7-13-2;1-9-5-6-12(8-9)10(13)7-11(2,3)4;1-2/h3-6,8,13H,7H2,1-2H3;9H,5-8H2,1-4H3;1H2. The normalized spacial score (nSPS) is 15.7. The fraction of sp³-hybridized carbons (Fsp3) is 0.542. The summed E-state index contributed by atoms with van der Waals surface area (Å²) in [5, 5.41) is 3.14. The monoisotopic (exact) mass is 431 g/mol. The molecule has 1 unspecified atom stereocenters. The average molecular weight is 432 g/mol. The number of benzene rings is 1. The number of nitrogens with one attached hydrogen (secondary N) is 1. The van der Waals surface area contributed by atoms with Gasteiger partial charge in [0.25, 0.3) is 0 Å². The number of carbonyl (C=O) groups is 2. The van der Waals surface area contributed by atoms with Gasteiger partial charge in [0.05, 0.1) is 16.1 Å². The second-order valence-corrected chi connectivity index (χ2v) is 9.82.